The smallest absolute Gasteiger partial charge is 0.320 e. The number of carbonyl (C=O) groups is 2. The Morgan fingerprint density at radius 1 is 0.556 bits per heavy atom. The van der Waals surface area contributed by atoms with Crippen LogP contribution in [0.2, 0.25) is 0 Å². The van der Waals surface area contributed by atoms with E-state index in [1.807, 2.05) is 0 Å². The fourth-order valence-electron chi connectivity index (χ4n) is 5.67. The van der Waals surface area contributed by atoms with E-state index in [2.05, 4.69) is 18.0 Å². The van der Waals surface area contributed by atoms with Crippen molar-refractivity contribution in [2.75, 3.05) is 27.3 Å². The highest BCUT2D eigenvalue weighted by Crippen LogP contribution is 2.18. The Morgan fingerprint density at radius 3 is 0.978 bits per heavy atom. The van der Waals surface area contributed by atoms with Gasteiger partial charge in [-0.15, -0.1) is 0 Å². The molecule has 0 unspecified atom stereocenters. The third-order valence-corrected chi connectivity index (χ3v) is 9.25. The van der Waals surface area contributed by atoms with Crippen LogP contribution in [0.3, 0.4) is 0 Å². The predicted molar refractivity (Wildman–Crippen MR) is 185 cm³/mol. The Balaban J connectivity index is 0. The molecule has 0 aliphatic rings. The van der Waals surface area contributed by atoms with Gasteiger partial charge in [-0.25, -0.2) is 18.0 Å². The Hall–Kier alpha value is -0.870. The van der Waals surface area contributed by atoms with Gasteiger partial charge in [0.25, 0.3) is 0 Å². The fraction of sp³-hybridized carbons (Fsp3) is 0.944. The lowest BCUT2D eigenvalue weighted by atomic mass is 10.0. The molecule has 0 bridgehead atoms. The summed E-state index contributed by atoms with van der Waals surface area (Å²) in [5.74, 6) is -0.0152. The molecule has 8 nitrogen and oxygen atoms in total. The maximum Gasteiger partial charge on any atom is 0.320 e. The predicted octanol–water partition coefficient (Wildman–Crippen LogP) is 9.53. The summed E-state index contributed by atoms with van der Waals surface area (Å²) in [7, 11) is -1.88. The van der Waals surface area contributed by atoms with Crippen molar-refractivity contribution in [3.8, 4) is 0 Å². The van der Waals surface area contributed by atoms with Crippen molar-refractivity contribution in [2.45, 2.75) is 194 Å². The molecule has 0 heterocycles. The summed E-state index contributed by atoms with van der Waals surface area (Å²) >= 11 is 0. The first kappa shape index (κ1) is 46.2. The van der Waals surface area contributed by atoms with E-state index in [4.69, 9.17) is 0 Å². The lowest BCUT2D eigenvalue weighted by Crippen LogP contribution is -2.55. The molecule has 45 heavy (non-hydrogen) atoms. The van der Waals surface area contributed by atoms with Crippen LogP contribution in [0.4, 0.5) is 0 Å². The van der Waals surface area contributed by atoms with E-state index in [9.17, 15) is 27.7 Å². The number of nitrogens with zero attached hydrogens (tertiary/aromatic N) is 1. The number of hydrogen-bond acceptors (Lipinski definition) is 7. The van der Waals surface area contributed by atoms with Crippen molar-refractivity contribution in [1.82, 2.24) is 0 Å². The standard InChI is InChI=1S/C35H70NO3.CH4O4S/c1-4-6-8-10-12-14-16-18-20-22-24-26-28-30-34(38)36(3,32-33-37)35(39)31-29-27-25-23-21-19-17-15-13-11-9-7-5-2;1-5-6(2,3)4/h37H,4-33H2,1-3H3;1H3,(H,2,3,4)/q+1;/p-1. The molecule has 0 saturated carbocycles. The quantitative estimate of drug-likeness (QED) is 0.0339. The zero-order valence-corrected chi connectivity index (χ0v) is 30.8. The molecule has 0 fully saturated rings. The van der Waals surface area contributed by atoms with Gasteiger partial charge in [-0.1, -0.05) is 168 Å². The lowest BCUT2D eigenvalue weighted by molar-refractivity contribution is -0.759. The monoisotopic (exact) mass is 664 g/mol. The molecule has 0 spiro atoms. The molecule has 0 radical (unpaired) electrons. The molecule has 270 valence electrons. The third-order valence-electron chi connectivity index (χ3n) is 8.84. The van der Waals surface area contributed by atoms with Gasteiger partial charge in [0.2, 0.25) is 10.4 Å². The summed E-state index contributed by atoms with van der Waals surface area (Å²) in [6, 6.07) is 0. The first-order chi connectivity index (χ1) is 21.6. The number of hydrogen-bond donors (Lipinski definition) is 1. The average molecular weight is 664 g/mol. The van der Waals surface area contributed by atoms with Crippen molar-refractivity contribution < 1.29 is 36.3 Å². The SMILES string of the molecule is CCCCCCCCCCCCCCCC(=O)[N+](C)(CCO)C(=O)CCCCCCCCCCCCCCC.COS(=O)(=O)[O-]. The van der Waals surface area contributed by atoms with Crippen LogP contribution in [0.25, 0.3) is 0 Å². The van der Waals surface area contributed by atoms with Crippen molar-refractivity contribution in [1.29, 1.82) is 0 Å². The minimum Gasteiger partial charge on any atom is -0.726 e. The van der Waals surface area contributed by atoms with Gasteiger partial charge in [0.15, 0.2) is 0 Å². The van der Waals surface area contributed by atoms with E-state index in [1.54, 1.807) is 7.05 Å². The van der Waals surface area contributed by atoms with Crippen LogP contribution >= 0.6 is 0 Å². The number of unbranched alkanes of at least 4 members (excludes halogenated alkanes) is 24. The van der Waals surface area contributed by atoms with Crippen molar-refractivity contribution in [3.63, 3.8) is 0 Å². The van der Waals surface area contributed by atoms with Crippen molar-refractivity contribution in [2.24, 2.45) is 0 Å². The van der Waals surface area contributed by atoms with Gasteiger partial charge in [-0.3, -0.25) is 4.18 Å². The van der Waals surface area contributed by atoms with Crippen molar-refractivity contribution in [3.05, 3.63) is 0 Å². The molecule has 0 rings (SSSR count). The second-order valence-electron chi connectivity index (χ2n) is 13.0. The molecule has 0 aliphatic carbocycles. The number of aliphatic hydroxyl groups excluding tert-OH is 1. The van der Waals surface area contributed by atoms with Gasteiger partial charge < -0.3 is 9.66 Å². The highest BCUT2D eigenvalue weighted by Gasteiger charge is 2.38. The number of likely N-dealkylation sites (N-methyl/N-ethyl adjacent to an activating group) is 1. The normalized spacial score (nSPS) is 11.8. The summed E-state index contributed by atoms with van der Waals surface area (Å²) in [5, 5.41) is 9.55. The highest BCUT2D eigenvalue weighted by molar-refractivity contribution is 7.80. The lowest BCUT2D eigenvalue weighted by Gasteiger charge is -2.28. The van der Waals surface area contributed by atoms with Gasteiger partial charge in [-0.05, 0) is 12.8 Å². The number of rotatable bonds is 31. The highest BCUT2D eigenvalue weighted by atomic mass is 32.3. The molecule has 0 atom stereocenters. The number of amides is 2. The first-order valence-electron chi connectivity index (χ1n) is 18.6. The molecule has 0 aromatic rings. The molecule has 2 amide bonds. The zero-order chi connectivity index (χ0) is 34.1. The van der Waals surface area contributed by atoms with Crippen LogP contribution in [-0.2, 0) is 24.2 Å². The summed E-state index contributed by atoms with van der Waals surface area (Å²) in [5.41, 5.74) is 0. The second kappa shape index (κ2) is 33.0. The Kier molecular flexibility index (Phi) is 34.0. The second-order valence-corrected chi connectivity index (χ2v) is 14.1. The summed E-state index contributed by atoms with van der Waals surface area (Å²) in [6.45, 7) is 4.63. The Bertz CT molecular complexity index is 731. The van der Waals surface area contributed by atoms with E-state index in [0.29, 0.717) is 12.8 Å². The Morgan fingerprint density at radius 2 is 0.778 bits per heavy atom. The molecule has 0 aromatic carbocycles. The number of carbonyl (C=O) groups excluding carboxylic acids is 2. The summed E-state index contributed by atoms with van der Waals surface area (Å²) in [4.78, 5) is 25.9. The number of aliphatic hydroxyl groups is 1. The van der Waals surface area contributed by atoms with Crippen LogP contribution < -0.4 is 0 Å². The summed E-state index contributed by atoms with van der Waals surface area (Å²) < 4.78 is 30.8. The first-order valence-corrected chi connectivity index (χ1v) is 20.0. The number of imide groups is 1. The van der Waals surface area contributed by atoms with Crippen LogP contribution in [0.5, 0.6) is 0 Å². The molecule has 0 aliphatic heterocycles. The van der Waals surface area contributed by atoms with Gasteiger partial charge in [0.05, 0.1) is 33.6 Å². The van der Waals surface area contributed by atoms with Crippen LogP contribution in [0.1, 0.15) is 194 Å². The maximum atomic E-state index is 13.0. The topological polar surface area (TPSA) is 121 Å². The van der Waals surface area contributed by atoms with Gasteiger partial charge in [-0.2, -0.15) is 4.48 Å². The molecule has 1 N–H and O–H groups in total. The van der Waals surface area contributed by atoms with E-state index < -0.39 is 10.4 Å². The molecular formula is C36H73NO7S. The van der Waals surface area contributed by atoms with Gasteiger partial charge in [0, 0.05) is 0 Å². The fourth-order valence-corrected chi connectivity index (χ4v) is 5.67. The van der Waals surface area contributed by atoms with Crippen LogP contribution in [-0.4, -0.2) is 61.7 Å². The average Bonchev–Trinajstić information content (AvgIpc) is 3.01. The zero-order valence-electron chi connectivity index (χ0n) is 30.0. The van der Waals surface area contributed by atoms with Gasteiger partial charge in [0.1, 0.15) is 6.54 Å². The molecular weight excluding hydrogens is 590 g/mol. The summed E-state index contributed by atoms with van der Waals surface area (Å²) in [6.07, 6.45) is 34.2. The van der Waals surface area contributed by atoms with Crippen LogP contribution in [0, 0.1) is 0 Å². The molecule has 9 heteroatoms. The number of quaternary nitrogens is 1. The van der Waals surface area contributed by atoms with E-state index >= 15 is 0 Å². The van der Waals surface area contributed by atoms with E-state index in [1.165, 1.54) is 141 Å². The molecule has 0 aromatic heterocycles. The van der Waals surface area contributed by atoms with E-state index in [0.717, 1.165) is 32.8 Å². The van der Waals surface area contributed by atoms with E-state index in [-0.39, 0.29) is 29.4 Å². The van der Waals surface area contributed by atoms with Gasteiger partial charge >= 0.3 is 11.8 Å². The van der Waals surface area contributed by atoms with Crippen molar-refractivity contribution >= 4 is 22.2 Å². The maximum absolute atomic E-state index is 13.0. The third kappa shape index (κ3) is 31.5. The minimum atomic E-state index is -4.41. The molecule has 0 saturated heterocycles. The minimum absolute atomic E-state index is 0.00758. The van der Waals surface area contributed by atoms with Crippen LogP contribution in [0.15, 0.2) is 0 Å². The largest absolute Gasteiger partial charge is 0.726 e. The Labute approximate surface area is 279 Å².